The number of aromatic nitrogens is 2. The second-order valence-electron chi connectivity index (χ2n) is 3.73. The van der Waals surface area contributed by atoms with E-state index in [4.69, 9.17) is 0 Å². The molecule has 0 saturated carbocycles. The summed E-state index contributed by atoms with van der Waals surface area (Å²) in [5.74, 6) is 1.13. The molecule has 15 heavy (non-hydrogen) atoms. The van der Waals surface area contributed by atoms with Crippen molar-refractivity contribution in [3.8, 4) is 0 Å². The van der Waals surface area contributed by atoms with Crippen LogP contribution in [0.3, 0.4) is 0 Å². The van der Waals surface area contributed by atoms with Crippen molar-refractivity contribution in [1.29, 1.82) is 0 Å². The van der Waals surface area contributed by atoms with Crippen molar-refractivity contribution >= 4 is 0 Å². The van der Waals surface area contributed by atoms with E-state index in [0.717, 1.165) is 31.6 Å². The average Bonchev–Trinajstić information content (AvgIpc) is 2.64. The molecule has 0 saturated heterocycles. The highest BCUT2D eigenvalue weighted by Crippen LogP contribution is 2.17. The number of nitrogens with one attached hydrogen (secondary N) is 1. The third-order valence-electron chi connectivity index (χ3n) is 2.52. The van der Waals surface area contributed by atoms with Crippen molar-refractivity contribution in [3.63, 3.8) is 0 Å². The van der Waals surface area contributed by atoms with E-state index in [-0.39, 0.29) is 0 Å². The molecule has 0 aliphatic heterocycles. The Morgan fingerprint density at radius 2 is 2.47 bits per heavy atom. The maximum atomic E-state index is 4.39. The van der Waals surface area contributed by atoms with E-state index < -0.39 is 0 Å². The molecule has 3 nitrogen and oxygen atoms in total. The van der Waals surface area contributed by atoms with Gasteiger partial charge in [0.1, 0.15) is 5.82 Å². The van der Waals surface area contributed by atoms with Crippen LogP contribution >= 0.6 is 0 Å². The van der Waals surface area contributed by atoms with E-state index in [9.17, 15) is 0 Å². The molecule has 1 aromatic rings. The standard InChI is InChI=1S/C12H21N3/c1-4-6-7-8-11(13-5-2)12-14-9-10-15(12)3/h4,9-11,13H,1,5-8H2,2-3H3. The highest BCUT2D eigenvalue weighted by molar-refractivity contribution is 4.98. The van der Waals surface area contributed by atoms with Gasteiger partial charge in [-0.05, 0) is 25.8 Å². The van der Waals surface area contributed by atoms with Gasteiger partial charge < -0.3 is 9.88 Å². The lowest BCUT2D eigenvalue weighted by molar-refractivity contribution is 0.466. The zero-order chi connectivity index (χ0) is 11.1. The van der Waals surface area contributed by atoms with Crippen LogP contribution in [-0.2, 0) is 7.05 Å². The zero-order valence-corrected chi connectivity index (χ0v) is 9.74. The van der Waals surface area contributed by atoms with Gasteiger partial charge in [0.15, 0.2) is 0 Å². The summed E-state index contributed by atoms with van der Waals surface area (Å²) < 4.78 is 2.08. The van der Waals surface area contributed by atoms with E-state index >= 15 is 0 Å². The van der Waals surface area contributed by atoms with Gasteiger partial charge in [-0.3, -0.25) is 0 Å². The normalized spacial score (nSPS) is 12.7. The van der Waals surface area contributed by atoms with E-state index in [1.165, 1.54) is 0 Å². The van der Waals surface area contributed by atoms with E-state index in [1.54, 1.807) is 0 Å². The molecule has 1 atom stereocenters. The van der Waals surface area contributed by atoms with Crippen LogP contribution in [0.2, 0.25) is 0 Å². The molecular formula is C12H21N3. The van der Waals surface area contributed by atoms with Crippen molar-refractivity contribution < 1.29 is 0 Å². The number of unbranched alkanes of at least 4 members (excludes halogenated alkanes) is 1. The van der Waals surface area contributed by atoms with Crippen LogP contribution in [0.15, 0.2) is 25.0 Å². The van der Waals surface area contributed by atoms with Crippen LogP contribution in [0.25, 0.3) is 0 Å². The fraction of sp³-hybridized carbons (Fsp3) is 0.583. The lowest BCUT2D eigenvalue weighted by Gasteiger charge is -2.17. The van der Waals surface area contributed by atoms with Gasteiger partial charge in [0, 0.05) is 19.4 Å². The molecule has 1 aromatic heterocycles. The van der Waals surface area contributed by atoms with Crippen molar-refractivity contribution in [2.45, 2.75) is 32.2 Å². The van der Waals surface area contributed by atoms with Crippen LogP contribution in [0.4, 0.5) is 0 Å². The third-order valence-corrected chi connectivity index (χ3v) is 2.52. The Kier molecular flexibility index (Phi) is 5.12. The number of imidazole rings is 1. The Balaban J connectivity index is 2.57. The highest BCUT2D eigenvalue weighted by atomic mass is 15.1. The van der Waals surface area contributed by atoms with Crippen LogP contribution in [0.1, 0.15) is 38.1 Å². The molecule has 0 fully saturated rings. The van der Waals surface area contributed by atoms with E-state index in [2.05, 4.69) is 28.4 Å². The monoisotopic (exact) mass is 207 g/mol. The largest absolute Gasteiger partial charge is 0.337 e. The van der Waals surface area contributed by atoms with Gasteiger partial charge in [0.2, 0.25) is 0 Å². The summed E-state index contributed by atoms with van der Waals surface area (Å²) in [6.45, 7) is 6.85. The minimum Gasteiger partial charge on any atom is -0.337 e. The first-order valence-electron chi connectivity index (χ1n) is 5.61. The van der Waals surface area contributed by atoms with Gasteiger partial charge in [-0.1, -0.05) is 13.0 Å². The topological polar surface area (TPSA) is 29.9 Å². The summed E-state index contributed by atoms with van der Waals surface area (Å²) in [6, 6.07) is 0.370. The number of nitrogens with zero attached hydrogens (tertiary/aromatic N) is 2. The SMILES string of the molecule is C=CCCCC(NCC)c1nccn1C. The molecule has 0 spiro atoms. The number of rotatable bonds is 7. The maximum absolute atomic E-state index is 4.39. The van der Waals surface area contributed by atoms with Gasteiger partial charge in [0.05, 0.1) is 6.04 Å². The Morgan fingerprint density at radius 1 is 1.67 bits per heavy atom. The first kappa shape index (κ1) is 12.0. The summed E-state index contributed by atoms with van der Waals surface area (Å²) in [6.07, 6.45) is 9.17. The fourth-order valence-corrected chi connectivity index (χ4v) is 1.75. The average molecular weight is 207 g/mol. The Labute approximate surface area is 92.2 Å². The summed E-state index contributed by atoms with van der Waals surface area (Å²) >= 11 is 0. The Hall–Kier alpha value is -1.09. The zero-order valence-electron chi connectivity index (χ0n) is 9.74. The summed E-state index contributed by atoms with van der Waals surface area (Å²) in [5, 5.41) is 3.47. The molecule has 3 heteroatoms. The van der Waals surface area contributed by atoms with Crippen LogP contribution in [0.5, 0.6) is 0 Å². The molecule has 0 aromatic carbocycles. The van der Waals surface area contributed by atoms with Crippen molar-refractivity contribution in [2.75, 3.05) is 6.54 Å². The van der Waals surface area contributed by atoms with Crippen molar-refractivity contribution in [2.24, 2.45) is 7.05 Å². The number of aryl methyl sites for hydroxylation is 1. The molecule has 84 valence electrons. The van der Waals surface area contributed by atoms with Gasteiger partial charge in [-0.15, -0.1) is 6.58 Å². The number of hydrogen-bond donors (Lipinski definition) is 1. The van der Waals surface area contributed by atoms with Crippen LogP contribution in [0, 0.1) is 0 Å². The van der Waals surface area contributed by atoms with Crippen molar-refractivity contribution in [1.82, 2.24) is 14.9 Å². The van der Waals surface area contributed by atoms with Crippen LogP contribution < -0.4 is 5.32 Å². The van der Waals surface area contributed by atoms with Crippen LogP contribution in [-0.4, -0.2) is 16.1 Å². The summed E-state index contributed by atoms with van der Waals surface area (Å²) in [7, 11) is 2.04. The molecule has 0 aliphatic rings. The molecule has 1 unspecified atom stereocenters. The minimum absolute atomic E-state index is 0.370. The molecule has 1 N–H and O–H groups in total. The molecular weight excluding hydrogens is 186 g/mol. The van der Waals surface area contributed by atoms with Crippen molar-refractivity contribution in [3.05, 3.63) is 30.9 Å². The second-order valence-corrected chi connectivity index (χ2v) is 3.73. The molecule has 1 rings (SSSR count). The van der Waals surface area contributed by atoms with Gasteiger partial charge in [-0.25, -0.2) is 4.98 Å². The van der Waals surface area contributed by atoms with E-state index in [0.29, 0.717) is 6.04 Å². The van der Waals surface area contributed by atoms with Gasteiger partial charge in [0.25, 0.3) is 0 Å². The second kappa shape index (κ2) is 6.40. The molecule has 0 amide bonds. The molecule has 0 radical (unpaired) electrons. The number of allylic oxidation sites excluding steroid dienone is 1. The van der Waals surface area contributed by atoms with Gasteiger partial charge in [-0.2, -0.15) is 0 Å². The smallest absolute Gasteiger partial charge is 0.125 e. The van der Waals surface area contributed by atoms with Gasteiger partial charge >= 0.3 is 0 Å². The predicted molar refractivity (Wildman–Crippen MR) is 63.7 cm³/mol. The predicted octanol–water partition coefficient (Wildman–Crippen LogP) is 2.43. The molecule has 1 heterocycles. The van der Waals surface area contributed by atoms with E-state index in [1.807, 2.05) is 25.5 Å². The minimum atomic E-state index is 0.370. The Morgan fingerprint density at radius 3 is 3.00 bits per heavy atom. The highest BCUT2D eigenvalue weighted by Gasteiger charge is 2.13. The molecule has 0 aliphatic carbocycles. The fourth-order valence-electron chi connectivity index (χ4n) is 1.75. The summed E-state index contributed by atoms with van der Waals surface area (Å²) in [4.78, 5) is 4.39. The maximum Gasteiger partial charge on any atom is 0.125 e. The number of hydrogen-bond acceptors (Lipinski definition) is 2. The third kappa shape index (κ3) is 3.51. The first-order chi connectivity index (χ1) is 7.29. The quantitative estimate of drug-likeness (QED) is 0.549. The Bertz CT molecular complexity index is 291. The lowest BCUT2D eigenvalue weighted by atomic mass is 10.1. The summed E-state index contributed by atoms with van der Waals surface area (Å²) in [5.41, 5.74) is 0. The lowest BCUT2D eigenvalue weighted by Crippen LogP contribution is -2.23. The first-order valence-corrected chi connectivity index (χ1v) is 5.61. The molecule has 0 bridgehead atoms.